The maximum absolute atomic E-state index is 12.1. The van der Waals surface area contributed by atoms with Crippen molar-refractivity contribution < 1.29 is 14.3 Å². The topological polar surface area (TPSA) is 61.5 Å². The molecule has 0 unspecified atom stereocenters. The number of hydrogen-bond acceptors (Lipinski definition) is 4. The SMILES string of the molecule is CC(C)(C)OC(=O)c1ccc(N)cc1OCC1CC1. The number of rotatable bonds is 4. The molecular weight excluding hydrogens is 242 g/mol. The van der Waals surface area contributed by atoms with Crippen LogP contribution in [-0.4, -0.2) is 18.2 Å². The maximum Gasteiger partial charge on any atom is 0.342 e. The third kappa shape index (κ3) is 4.16. The van der Waals surface area contributed by atoms with Crippen molar-refractivity contribution in [2.75, 3.05) is 12.3 Å². The van der Waals surface area contributed by atoms with Crippen LogP contribution in [0.1, 0.15) is 44.0 Å². The van der Waals surface area contributed by atoms with E-state index >= 15 is 0 Å². The van der Waals surface area contributed by atoms with Gasteiger partial charge in [0.2, 0.25) is 0 Å². The Balaban J connectivity index is 2.14. The van der Waals surface area contributed by atoms with Crippen molar-refractivity contribution in [3.8, 4) is 5.75 Å². The van der Waals surface area contributed by atoms with Gasteiger partial charge in [0.05, 0.1) is 6.61 Å². The van der Waals surface area contributed by atoms with Crippen LogP contribution in [0.25, 0.3) is 0 Å². The summed E-state index contributed by atoms with van der Waals surface area (Å²) in [5.41, 5.74) is 6.24. The first-order valence-corrected chi connectivity index (χ1v) is 6.61. The third-order valence-electron chi connectivity index (χ3n) is 2.80. The fraction of sp³-hybridized carbons (Fsp3) is 0.533. The zero-order chi connectivity index (χ0) is 14.0. The van der Waals surface area contributed by atoms with E-state index in [1.54, 1.807) is 18.2 Å². The molecule has 4 heteroatoms. The molecule has 1 aliphatic carbocycles. The highest BCUT2D eigenvalue weighted by atomic mass is 16.6. The van der Waals surface area contributed by atoms with Gasteiger partial charge in [0.1, 0.15) is 16.9 Å². The zero-order valence-electron chi connectivity index (χ0n) is 11.7. The van der Waals surface area contributed by atoms with Crippen molar-refractivity contribution >= 4 is 11.7 Å². The van der Waals surface area contributed by atoms with Crippen LogP contribution in [0, 0.1) is 5.92 Å². The molecular formula is C15H21NO3. The lowest BCUT2D eigenvalue weighted by atomic mass is 10.1. The predicted molar refractivity (Wildman–Crippen MR) is 74.2 cm³/mol. The van der Waals surface area contributed by atoms with E-state index in [9.17, 15) is 4.79 Å². The van der Waals surface area contributed by atoms with Gasteiger partial charge in [-0.1, -0.05) is 0 Å². The molecule has 1 saturated carbocycles. The number of carbonyl (C=O) groups is 1. The van der Waals surface area contributed by atoms with Gasteiger partial charge in [-0.15, -0.1) is 0 Å². The van der Waals surface area contributed by atoms with Gasteiger partial charge >= 0.3 is 5.97 Å². The van der Waals surface area contributed by atoms with Gasteiger partial charge in [0, 0.05) is 11.8 Å². The van der Waals surface area contributed by atoms with E-state index in [1.807, 2.05) is 20.8 Å². The van der Waals surface area contributed by atoms with E-state index in [2.05, 4.69) is 0 Å². The average molecular weight is 263 g/mol. The van der Waals surface area contributed by atoms with Crippen molar-refractivity contribution in [1.82, 2.24) is 0 Å². The van der Waals surface area contributed by atoms with Crippen molar-refractivity contribution in [3.05, 3.63) is 23.8 Å². The standard InChI is InChI=1S/C15H21NO3/c1-15(2,3)19-14(17)12-7-6-11(16)8-13(12)18-9-10-4-5-10/h6-8,10H,4-5,9,16H2,1-3H3. The second-order valence-corrected chi connectivity index (χ2v) is 6.01. The number of nitrogens with two attached hydrogens (primary N) is 1. The molecule has 1 fully saturated rings. The molecule has 0 heterocycles. The van der Waals surface area contributed by atoms with Gasteiger partial charge in [-0.05, 0) is 51.7 Å². The van der Waals surface area contributed by atoms with E-state index < -0.39 is 5.60 Å². The summed E-state index contributed by atoms with van der Waals surface area (Å²) in [6.07, 6.45) is 2.40. The normalized spacial score (nSPS) is 15.1. The summed E-state index contributed by atoms with van der Waals surface area (Å²) in [7, 11) is 0. The lowest BCUT2D eigenvalue weighted by molar-refractivity contribution is 0.00657. The summed E-state index contributed by atoms with van der Waals surface area (Å²) in [6, 6.07) is 5.02. The zero-order valence-corrected chi connectivity index (χ0v) is 11.7. The second-order valence-electron chi connectivity index (χ2n) is 6.01. The Bertz CT molecular complexity index is 473. The third-order valence-corrected chi connectivity index (χ3v) is 2.80. The molecule has 19 heavy (non-hydrogen) atoms. The van der Waals surface area contributed by atoms with Gasteiger partial charge in [-0.25, -0.2) is 4.79 Å². The van der Waals surface area contributed by atoms with Gasteiger partial charge in [0.15, 0.2) is 0 Å². The average Bonchev–Trinajstić information content (AvgIpc) is 3.07. The number of hydrogen-bond donors (Lipinski definition) is 1. The molecule has 2 rings (SSSR count). The van der Waals surface area contributed by atoms with Crippen LogP contribution in [0.5, 0.6) is 5.75 Å². The van der Waals surface area contributed by atoms with Crippen LogP contribution >= 0.6 is 0 Å². The summed E-state index contributed by atoms with van der Waals surface area (Å²) in [5.74, 6) is 0.757. The first-order chi connectivity index (χ1) is 8.85. The maximum atomic E-state index is 12.1. The Morgan fingerprint density at radius 3 is 2.63 bits per heavy atom. The van der Waals surface area contributed by atoms with Crippen molar-refractivity contribution in [1.29, 1.82) is 0 Å². The fourth-order valence-electron chi connectivity index (χ4n) is 1.65. The van der Waals surface area contributed by atoms with Crippen molar-refractivity contribution in [2.45, 2.75) is 39.2 Å². The van der Waals surface area contributed by atoms with Crippen molar-refractivity contribution in [3.63, 3.8) is 0 Å². The Hall–Kier alpha value is -1.71. The highest BCUT2D eigenvalue weighted by Gasteiger charge is 2.25. The van der Waals surface area contributed by atoms with Crippen LogP contribution in [0.15, 0.2) is 18.2 Å². The summed E-state index contributed by atoms with van der Waals surface area (Å²) in [4.78, 5) is 12.1. The van der Waals surface area contributed by atoms with Crippen LogP contribution < -0.4 is 10.5 Å². The molecule has 0 saturated heterocycles. The lowest BCUT2D eigenvalue weighted by Crippen LogP contribution is -2.24. The predicted octanol–water partition coefficient (Wildman–Crippen LogP) is 3.01. The van der Waals surface area contributed by atoms with Gasteiger partial charge < -0.3 is 15.2 Å². The molecule has 0 spiro atoms. The minimum atomic E-state index is -0.522. The number of nitrogen functional groups attached to an aromatic ring is 1. The minimum absolute atomic E-state index is 0.377. The Morgan fingerprint density at radius 2 is 2.05 bits per heavy atom. The van der Waals surface area contributed by atoms with E-state index in [0.717, 1.165) is 0 Å². The van der Waals surface area contributed by atoms with Gasteiger partial charge in [0.25, 0.3) is 0 Å². The summed E-state index contributed by atoms with van der Waals surface area (Å²) >= 11 is 0. The molecule has 1 aliphatic rings. The molecule has 4 nitrogen and oxygen atoms in total. The molecule has 0 radical (unpaired) electrons. The number of anilines is 1. The molecule has 2 N–H and O–H groups in total. The molecule has 0 aromatic heterocycles. The molecule has 0 aliphatic heterocycles. The molecule has 0 amide bonds. The van der Waals surface area contributed by atoms with Crippen LogP contribution in [0.2, 0.25) is 0 Å². The summed E-state index contributed by atoms with van der Waals surface area (Å²) < 4.78 is 11.1. The summed E-state index contributed by atoms with van der Waals surface area (Å²) in [5, 5.41) is 0. The lowest BCUT2D eigenvalue weighted by Gasteiger charge is -2.20. The number of carbonyl (C=O) groups excluding carboxylic acids is 1. The van der Waals surface area contributed by atoms with E-state index in [0.29, 0.717) is 29.5 Å². The largest absolute Gasteiger partial charge is 0.492 e. The fourth-order valence-corrected chi connectivity index (χ4v) is 1.65. The van der Waals surface area contributed by atoms with E-state index in [4.69, 9.17) is 15.2 Å². The number of ether oxygens (including phenoxy) is 2. The smallest absolute Gasteiger partial charge is 0.342 e. The minimum Gasteiger partial charge on any atom is -0.492 e. The van der Waals surface area contributed by atoms with E-state index in [1.165, 1.54) is 12.8 Å². The monoisotopic (exact) mass is 263 g/mol. The van der Waals surface area contributed by atoms with Crippen molar-refractivity contribution in [2.24, 2.45) is 5.92 Å². The van der Waals surface area contributed by atoms with Crippen LogP contribution in [0.3, 0.4) is 0 Å². The second kappa shape index (κ2) is 5.11. The van der Waals surface area contributed by atoms with Gasteiger partial charge in [-0.3, -0.25) is 0 Å². The Kier molecular flexibility index (Phi) is 3.69. The highest BCUT2D eigenvalue weighted by molar-refractivity contribution is 5.93. The van der Waals surface area contributed by atoms with Gasteiger partial charge in [-0.2, -0.15) is 0 Å². The molecule has 0 bridgehead atoms. The highest BCUT2D eigenvalue weighted by Crippen LogP contribution is 2.31. The Morgan fingerprint density at radius 1 is 1.37 bits per heavy atom. The Labute approximate surface area is 113 Å². The van der Waals surface area contributed by atoms with Crippen LogP contribution in [-0.2, 0) is 4.74 Å². The quantitative estimate of drug-likeness (QED) is 0.670. The number of benzene rings is 1. The van der Waals surface area contributed by atoms with E-state index in [-0.39, 0.29) is 5.97 Å². The number of esters is 1. The molecule has 1 aromatic rings. The first-order valence-electron chi connectivity index (χ1n) is 6.61. The molecule has 1 aromatic carbocycles. The first kappa shape index (κ1) is 13.7. The molecule has 0 atom stereocenters. The summed E-state index contributed by atoms with van der Waals surface area (Å²) in [6.45, 7) is 6.16. The van der Waals surface area contributed by atoms with Crippen LogP contribution in [0.4, 0.5) is 5.69 Å². The molecule has 104 valence electrons.